The number of amides is 1. The third-order valence-electron chi connectivity index (χ3n) is 4.20. The van der Waals surface area contributed by atoms with Gasteiger partial charge in [-0.3, -0.25) is 4.79 Å². The largest absolute Gasteiger partial charge is 0.461 e. The Morgan fingerprint density at radius 1 is 1.33 bits per heavy atom. The molecule has 0 spiro atoms. The van der Waals surface area contributed by atoms with E-state index in [0.29, 0.717) is 28.2 Å². The van der Waals surface area contributed by atoms with Crippen molar-refractivity contribution in [3.05, 3.63) is 42.2 Å². The highest BCUT2D eigenvalue weighted by Crippen LogP contribution is 2.35. The maximum absolute atomic E-state index is 13.0. The Hall–Kier alpha value is -3.29. The van der Waals surface area contributed by atoms with Crippen molar-refractivity contribution in [2.45, 2.75) is 19.5 Å². The summed E-state index contributed by atoms with van der Waals surface area (Å²) in [5, 5.41) is 2.68. The van der Waals surface area contributed by atoms with Gasteiger partial charge in [0.15, 0.2) is 5.58 Å². The molecule has 4 rings (SSSR count). The van der Waals surface area contributed by atoms with Crippen LogP contribution >= 0.6 is 0 Å². The van der Waals surface area contributed by atoms with E-state index in [-0.39, 0.29) is 24.6 Å². The molecule has 7 nitrogen and oxygen atoms in total. The summed E-state index contributed by atoms with van der Waals surface area (Å²) in [7, 11) is 0. The van der Waals surface area contributed by atoms with E-state index in [1.54, 1.807) is 37.3 Å². The summed E-state index contributed by atoms with van der Waals surface area (Å²) >= 11 is 0. The summed E-state index contributed by atoms with van der Waals surface area (Å²) in [5.74, 6) is -1.11. The second-order valence-corrected chi connectivity index (χ2v) is 6.20. The second-order valence-electron chi connectivity index (χ2n) is 6.20. The fourth-order valence-corrected chi connectivity index (χ4v) is 2.68. The summed E-state index contributed by atoms with van der Waals surface area (Å²) < 4.78 is 23.7. The van der Waals surface area contributed by atoms with Crippen molar-refractivity contribution in [2.24, 2.45) is 5.92 Å². The van der Waals surface area contributed by atoms with E-state index in [2.05, 4.69) is 15.3 Å². The normalized spacial score (nSPS) is 18.3. The zero-order valence-electron chi connectivity index (χ0n) is 14.4. The monoisotopic (exact) mass is 369 g/mol. The molecule has 1 fully saturated rings. The Morgan fingerprint density at radius 3 is 2.89 bits per heavy atom. The number of hydrogen-bond acceptors (Lipinski definition) is 6. The van der Waals surface area contributed by atoms with Gasteiger partial charge in [0.1, 0.15) is 17.4 Å². The molecule has 3 aromatic rings. The fraction of sp³-hybridized carbons (Fsp3) is 0.263. The summed E-state index contributed by atoms with van der Waals surface area (Å²) in [6, 6.07) is 8.22. The molecular weight excluding hydrogens is 353 g/mol. The number of oxazole rings is 1. The Morgan fingerprint density at radius 2 is 2.15 bits per heavy atom. The van der Waals surface area contributed by atoms with Crippen LogP contribution in [0.25, 0.3) is 22.6 Å². The van der Waals surface area contributed by atoms with Crippen molar-refractivity contribution in [3.8, 4) is 11.5 Å². The van der Waals surface area contributed by atoms with Crippen molar-refractivity contribution in [2.75, 3.05) is 11.9 Å². The standard InChI is InChI=1S/C19H16FN3O4/c1-2-26-19(25)15-7-10(5-6-21-15)18-23-14-4-3-11(8-16(14)27-18)22-17(24)12-9-13(12)20/h3-8,12-13H,2,9H2,1H3,(H,22,24)/t12-,13+/m1/s1. The quantitative estimate of drug-likeness (QED) is 0.693. The number of rotatable bonds is 5. The predicted octanol–water partition coefficient (Wildman–Crippen LogP) is 3.36. The number of carbonyl (C=O) groups excluding carboxylic acids is 2. The van der Waals surface area contributed by atoms with Crippen molar-refractivity contribution >= 4 is 28.7 Å². The molecule has 1 aliphatic carbocycles. The van der Waals surface area contributed by atoms with Crippen LogP contribution in [0.2, 0.25) is 0 Å². The summed E-state index contributed by atoms with van der Waals surface area (Å²) in [5.41, 5.74) is 2.30. The van der Waals surface area contributed by atoms with Crippen LogP contribution in [-0.2, 0) is 9.53 Å². The molecule has 1 aliphatic rings. The molecular formula is C19H16FN3O4. The van der Waals surface area contributed by atoms with Crippen LogP contribution in [0.4, 0.5) is 10.1 Å². The summed E-state index contributed by atoms with van der Waals surface area (Å²) in [6.45, 7) is 1.97. The highest BCUT2D eigenvalue weighted by Gasteiger charge is 2.43. The zero-order valence-corrected chi connectivity index (χ0v) is 14.4. The molecule has 0 bridgehead atoms. The van der Waals surface area contributed by atoms with Gasteiger partial charge in [-0.2, -0.15) is 0 Å². The number of anilines is 1. The summed E-state index contributed by atoms with van der Waals surface area (Å²) in [4.78, 5) is 32.1. The minimum atomic E-state index is -1.05. The smallest absolute Gasteiger partial charge is 0.356 e. The van der Waals surface area contributed by atoms with Gasteiger partial charge in [0, 0.05) is 23.5 Å². The van der Waals surface area contributed by atoms with E-state index < -0.39 is 18.1 Å². The van der Waals surface area contributed by atoms with E-state index in [0.717, 1.165) is 0 Å². The molecule has 8 heteroatoms. The number of nitrogens with one attached hydrogen (secondary N) is 1. The third kappa shape index (κ3) is 3.51. The molecule has 1 amide bonds. The molecule has 0 aliphatic heterocycles. The molecule has 0 unspecified atom stereocenters. The SMILES string of the molecule is CCOC(=O)c1cc(-c2nc3ccc(NC(=O)[C@@H]4C[C@@H]4F)cc3o2)ccn1. The van der Waals surface area contributed by atoms with Crippen LogP contribution in [0.3, 0.4) is 0 Å². The van der Waals surface area contributed by atoms with Gasteiger partial charge in [0.25, 0.3) is 0 Å². The van der Waals surface area contributed by atoms with Crippen LogP contribution in [0, 0.1) is 5.92 Å². The van der Waals surface area contributed by atoms with E-state index in [1.807, 2.05) is 0 Å². The van der Waals surface area contributed by atoms with Crippen molar-refractivity contribution in [1.29, 1.82) is 0 Å². The van der Waals surface area contributed by atoms with Crippen LogP contribution in [-0.4, -0.2) is 34.6 Å². The van der Waals surface area contributed by atoms with Gasteiger partial charge in [0.2, 0.25) is 11.8 Å². The lowest BCUT2D eigenvalue weighted by atomic mass is 10.2. The minimum Gasteiger partial charge on any atom is -0.461 e. The molecule has 1 saturated carbocycles. The Labute approximate surface area is 153 Å². The van der Waals surface area contributed by atoms with Gasteiger partial charge < -0.3 is 14.5 Å². The van der Waals surface area contributed by atoms with Gasteiger partial charge >= 0.3 is 5.97 Å². The maximum atomic E-state index is 13.0. The van der Waals surface area contributed by atoms with Gasteiger partial charge in [-0.15, -0.1) is 0 Å². The maximum Gasteiger partial charge on any atom is 0.356 e. The van der Waals surface area contributed by atoms with Crippen molar-refractivity contribution in [1.82, 2.24) is 9.97 Å². The number of halogens is 1. The van der Waals surface area contributed by atoms with Crippen LogP contribution in [0.5, 0.6) is 0 Å². The number of fused-ring (bicyclic) bond motifs is 1. The number of esters is 1. The number of aromatic nitrogens is 2. The first kappa shape index (κ1) is 17.1. The molecule has 2 atom stereocenters. The van der Waals surface area contributed by atoms with Crippen molar-refractivity contribution < 1.29 is 23.1 Å². The molecule has 27 heavy (non-hydrogen) atoms. The molecule has 2 aromatic heterocycles. The number of hydrogen-bond donors (Lipinski definition) is 1. The fourth-order valence-electron chi connectivity index (χ4n) is 2.68. The molecule has 0 radical (unpaired) electrons. The van der Waals surface area contributed by atoms with Crippen LogP contribution < -0.4 is 5.32 Å². The van der Waals surface area contributed by atoms with Crippen molar-refractivity contribution in [3.63, 3.8) is 0 Å². The lowest BCUT2D eigenvalue weighted by Crippen LogP contribution is -2.14. The van der Waals surface area contributed by atoms with E-state index in [1.165, 1.54) is 6.20 Å². The Bertz CT molecular complexity index is 1030. The van der Waals surface area contributed by atoms with E-state index in [4.69, 9.17) is 9.15 Å². The minimum absolute atomic E-state index is 0.162. The average Bonchev–Trinajstić information content (AvgIpc) is 3.25. The topological polar surface area (TPSA) is 94.3 Å². The molecule has 1 N–H and O–H groups in total. The first-order chi connectivity index (χ1) is 13.0. The predicted molar refractivity (Wildman–Crippen MR) is 94.8 cm³/mol. The van der Waals surface area contributed by atoms with Gasteiger partial charge in [-0.25, -0.2) is 19.2 Å². The number of ether oxygens (including phenoxy) is 1. The third-order valence-corrected chi connectivity index (χ3v) is 4.20. The first-order valence-corrected chi connectivity index (χ1v) is 8.54. The number of carbonyl (C=O) groups is 2. The number of pyridine rings is 1. The van der Waals surface area contributed by atoms with Crippen LogP contribution in [0.15, 0.2) is 40.9 Å². The number of benzene rings is 1. The Balaban J connectivity index is 1.59. The van der Waals surface area contributed by atoms with E-state index in [9.17, 15) is 14.0 Å². The highest BCUT2D eigenvalue weighted by molar-refractivity contribution is 5.96. The number of alkyl halides is 1. The molecule has 138 valence electrons. The van der Waals surface area contributed by atoms with Gasteiger partial charge in [-0.1, -0.05) is 0 Å². The van der Waals surface area contributed by atoms with Gasteiger partial charge in [0.05, 0.1) is 12.5 Å². The summed E-state index contributed by atoms with van der Waals surface area (Å²) in [6.07, 6.45) is 0.696. The Kier molecular flexibility index (Phi) is 4.31. The first-order valence-electron chi connectivity index (χ1n) is 8.54. The average molecular weight is 369 g/mol. The zero-order chi connectivity index (χ0) is 19.0. The second kappa shape index (κ2) is 6.79. The van der Waals surface area contributed by atoms with Crippen LogP contribution in [0.1, 0.15) is 23.8 Å². The lowest BCUT2D eigenvalue weighted by molar-refractivity contribution is -0.117. The highest BCUT2D eigenvalue weighted by atomic mass is 19.1. The molecule has 2 heterocycles. The molecule has 1 aromatic carbocycles. The van der Waals surface area contributed by atoms with E-state index >= 15 is 0 Å². The number of nitrogens with zero attached hydrogens (tertiary/aromatic N) is 2. The van der Waals surface area contributed by atoms with Gasteiger partial charge in [-0.05, 0) is 37.6 Å². The lowest BCUT2D eigenvalue weighted by Gasteiger charge is -2.03. The molecule has 0 saturated heterocycles.